The molecule has 0 aliphatic carbocycles. The fraction of sp³-hybridized carbons (Fsp3) is 0.393. The number of amides is 1. The van der Waals surface area contributed by atoms with E-state index in [0.29, 0.717) is 18.9 Å². The number of guanidine groups is 1. The van der Waals surface area contributed by atoms with Gasteiger partial charge in [0.25, 0.3) is 0 Å². The monoisotopic (exact) mass is 506 g/mol. The second-order valence-corrected chi connectivity index (χ2v) is 8.46. The van der Waals surface area contributed by atoms with Crippen LogP contribution in [0.1, 0.15) is 30.4 Å². The number of unbranched alkanes of at least 4 members (excludes halogenated alkanes) is 1. The number of hydrogen-bond donors (Lipinski definition) is 3. The molecule has 198 valence electrons. The topological polar surface area (TPSA) is 111 Å². The molecule has 0 aliphatic rings. The minimum Gasteiger partial charge on any atom is -0.493 e. The Hall–Kier alpha value is -4.03. The average Bonchev–Trinajstić information content (AvgIpc) is 2.92. The van der Waals surface area contributed by atoms with E-state index in [0.717, 1.165) is 55.1 Å². The minimum absolute atomic E-state index is 0.0164. The van der Waals surface area contributed by atoms with E-state index >= 15 is 0 Å². The minimum atomic E-state index is 0.0164. The molecule has 1 amide bonds. The van der Waals surface area contributed by atoms with Crippen molar-refractivity contribution < 1.29 is 14.3 Å². The fourth-order valence-electron chi connectivity index (χ4n) is 3.59. The van der Waals surface area contributed by atoms with Crippen LogP contribution in [-0.4, -0.2) is 64.7 Å². The van der Waals surface area contributed by atoms with Crippen molar-refractivity contribution in [1.82, 2.24) is 15.5 Å². The second kappa shape index (κ2) is 16.6. The lowest BCUT2D eigenvalue weighted by molar-refractivity contribution is -0.120. The van der Waals surface area contributed by atoms with Gasteiger partial charge in [-0.1, -0.05) is 30.4 Å². The van der Waals surface area contributed by atoms with Crippen LogP contribution in [0.3, 0.4) is 0 Å². The largest absolute Gasteiger partial charge is 0.493 e. The van der Waals surface area contributed by atoms with Crippen molar-refractivity contribution in [3.8, 4) is 17.7 Å². The summed E-state index contributed by atoms with van der Waals surface area (Å²) in [5.41, 5.74) is 3.01. The van der Waals surface area contributed by atoms with Gasteiger partial charge in [0.15, 0.2) is 17.7 Å². The zero-order valence-electron chi connectivity index (χ0n) is 22.2. The third-order valence-electron chi connectivity index (χ3n) is 5.70. The highest BCUT2D eigenvalue weighted by Crippen LogP contribution is 2.27. The summed E-state index contributed by atoms with van der Waals surface area (Å²) in [5, 5.41) is 17.1. The lowest BCUT2D eigenvalue weighted by atomic mass is 10.1. The molecule has 2 aromatic rings. The molecule has 37 heavy (non-hydrogen) atoms. The Bertz CT molecular complexity index is 1080. The molecule has 0 radical (unpaired) electrons. The maximum atomic E-state index is 12.1. The predicted octanol–water partition coefficient (Wildman–Crippen LogP) is 3.65. The van der Waals surface area contributed by atoms with Crippen LogP contribution in [0, 0.1) is 11.5 Å². The Labute approximate surface area is 220 Å². The molecule has 0 heterocycles. The summed E-state index contributed by atoms with van der Waals surface area (Å²) < 4.78 is 10.7. The van der Waals surface area contributed by atoms with E-state index in [1.165, 1.54) is 5.56 Å². The molecule has 2 aromatic carbocycles. The number of methoxy groups -OCH3 is 2. The Morgan fingerprint density at radius 2 is 1.84 bits per heavy atom. The molecular weight excluding hydrogens is 468 g/mol. The first-order valence-electron chi connectivity index (χ1n) is 12.3. The number of nitrogens with one attached hydrogen (secondary N) is 3. The van der Waals surface area contributed by atoms with Crippen molar-refractivity contribution in [3.05, 3.63) is 59.7 Å². The smallest absolute Gasteiger partial charge is 0.223 e. The molecule has 0 aliphatic heterocycles. The van der Waals surface area contributed by atoms with Gasteiger partial charge in [-0.2, -0.15) is 5.26 Å². The van der Waals surface area contributed by atoms with Crippen LogP contribution in [0.25, 0.3) is 6.08 Å². The SMILES string of the molecule is CN=C(NC#N)Nc1ccc(C=CCC(=O)NCCCCN(C)CCc2ccc(OC)c(OC)c2)cc1. The first-order valence-corrected chi connectivity index (χ1v) is 12.3. The number of benzene rings is 2. The molecule has 0 bridgehead atoms. The van der Waals surface area contributed by atoms with Crippen molar-refractivity contribution >= 4 is 23.6 Å². The molecule has 0 saturated heterocycles. The summed E-state index contributed by atoms with van der Waals surface area (Å²) in [5.74, 6) is 1.89. The van der Waals surface area contributed by atoms with Crippen molar-refractivity contribution in [2.24, 2.45) is 4.99 Å². The Morgan fingerprint density at radius 1 is 1.08 bits per heavy atom. The number of likely N-dealkylation sites (N-methyl/N-ethyl adjacent to an activating group) is 1. The van der Waals surface area contributed by atoms with Gasteiger partial charge in [0.05, 0.1) is 14.2 Å². The highest BCUT2D eigenvalue weighted by atomic mass is 16.5. The number of nitriles is 1. The first kappa shape index (κ1) is 29.2. The number of anilines is 1. The molecule has 0 atom stereocenters. The highest BCUT2D eigenvalue weighted by Gasteiger charge is 2.06. The molecule has 0 spiro atoms. The van der Waals surface area contributed by atoms with E-state index in [1.54, 1.807) is 21.3 Å². The van der Waals surface area contributed by atoms with Crippen LogP contribution < -0.4 is 25.4 Å². The highest BCUT2D eigenvalue weighted by molar-refractivity contribution is 5.94. The molecule has 0 unspecified atom stereocenters. The number of carbonyl (C=O) groups is 1. The summed E-state index contributed by atoms with van der Waals surface area (Å²) in [6, 6.07) is 13.7. The third kappa shape index (κ3) is 11.1. The molecule has 9 heteroatoms. The van der Waals surface area contributed by atoms with Crippen LogP contribution in [0.15, 0.2) is 53.5 Å². The Balaban J connectivity index is 1.59. The van der Waals surface area contributed by atoms with Crippen LogP contribution in [0.2, 0.25) is 0 Å². The van der Waals surface area contributed by atoms with Crippen molar-refractivity contribution in [2.75, 3.05) is 53.3 Å². The molecule has 2 rings (SSSR count). The number of hydrogen-bond acceptors (Lipinski definition) is 6. The second-order valence-electron chi connectivity index (χ2n) is 8.46. The lowest BCUT2D eigenvalue weighted by Crippen LogP contribution is -2.26. The molecule has 0 fully saturated rings. The number of carbonyl (C=O) groups excluding carboxylic acids is 1. The van der Waals surface area contributed by atoms with Gasteiger partial charge in [-0.3, -0.25) is 15.1 Å². The van der Waals surface area contributed by atoms with E-state index < -0.39 is 0 Å². The lowest BCUT2D eigenvalue weighted by Gasteiger charge is -2.17. The maximum absolute atomic E-state index is 12.1. The third-order valence-corrected chi connectivity index (χ3v) is 5.70. The molecule has 0 aromatic heterocycles. The van der Waals surface area contributed by atoms with E-state index in [2.05, 4.69) is 39.0 Å². The molecule has 3 N–H and O–H groups in total. The molecule has 9 nitrogen and oxygen atoms in total. The van der Waals surface area contributed by atoms with E-state index in [9.17, 15) is 4.79 Å². The Morgan fingerprint density at radius 3 is 2.51 bits per heavy atom. The standard InChI is InChI=1S/C28H38N6O3/c1-30-28(32-21-29)33-24-13-10-22(11-14-24)8-7-9-27(35)31-17-5-6-18-34(2)19-16-23-12-15-25(36-3)26(20-23)37-4/h7-8,10-15,20H,5-6,9,16-19H2,1-4H3,(H,31,35)(H2,30,32,33). The van der Waals surface area contributed by atoms with Gasteiger partial charge in [0.2, 0.25) is 11.9 Å². The van der Waals surface area contributed by atoms with Gasteiger partial charge in [0.1, 0.15) is 0 Å². The number of rotatable bonds is 14. The van der Waals surface area contributed by atoms with Crippen LogP contribution in [0.5, 0.6) is 11.5 Å². The molecular formula is C28H38N6O3. The maximum Gasteiger partial charge on any atom is 0.223 e. The number of ether oxygens (including phenoxy) is 2. The number of aliphatic imine (C=N–C) groups is 1. The van der Waals surface area contributed by atoms with Crippen LogP contribution >= 0.6 is 0 Å². The van der Waals surface area contributed by atoms with Crippen LogP contribution in [0.4, 0.5) is 5.69 Å². The Kier molecular flexibility index (Phi) is 13.1. The summed E-state index contributed by atoms with van der Waals surface area (Å²) >= 11 is 0. The van der Waals surface area contributed by atoms with E-state index in [1.807, 2.05) is 54.7 Å². The van der Waals surface area contributed by atoms with Gasteiger partial charge in [-0.05, 0) is 68.2 Å². The van der Waals surface area contributed by atoms with E-state index in [-0.39, 0.29) is 5.91 Å². The zero-order valence-corrected chi connectivity index (χ0v) is 22.2. The van der Waals surface area contributed by atoms with E-state index in [4.69, 9.17) is 14.7 Å². The van der Waals surface area contributed by atoms with Crippen LogP contribution in [-0.2, 0) is 11.2 Å². The van der Waals surface area contributed by atoms with Crippen molar-refractivity contribution in [3.63, 3.8) is 0 Å². The number of nitrogens with zero attached hydrogens (tertiary/aromatic N) is 3. The summed E-state index contributed by atoms with van der Waals surface area (Å²) in [6.07, 6.45) is 8.84. The zero-order chi connectivity index (χ0) is 26.9. The fourth-order valence-corrected chi connectivity index (χ4v) is 3.59. The van der Waals surface area contributed by atoms with Gasteiger partial charge in [-0.25, -0.2) is 0 Å². The van der Waals surface area contributed by atoms with Gasteiger partial charge in [0, 0.05) is 32.2 Å². The van der Waals surface area contributed by atoms with Crippen molar-refractivity contribution in [2.45, 2.75) is 25.7 Å². The van der Waals surface area contributed by atoms with Gasteiger partial charge >= 0.3 is 0 Å². The van der Waals surface area contributed by atoms with Gasteiger partial charge in [-0.15, -0.1) is 0 Å². The van der Waals surface area contributed by atoms with Gasteiger partial charge < -0.3 is 25.0 Å². The molecule has 0 saturated carbocycles. The normalized spacial score (nSPS) is 11.3. The summed E-state index contributed by atoms with van der Waals surface area (Å²) in [6.45, 7) is 2.61. The average molecular weight is 507 g/mol. The summed E-state index contributed by atoms with van der Waals surface area (Å²) in [4.78, 5) is 18.4. The van der Waals surface area contributed by atoms with Crippen molar-refractivity contribution in [1.29, 1.82) is 5.26 Å². The quantitative estimate of drug-likeness (QED) is 0.118. The predicted molar refractivity (Wildman–Crippen MR) is 149 cm³/mol. The summed E-state index contributed by atoms with van der Waals surface area (Å²) in [7, 11) is 7.00. The first-order chi connectivity index (χ1) is 18.0.